The number of phenols is 1. The number of hydrogen-bond acceptors (Lipinski definition) is 4. The van der Waals surface area contributed by atoms with Crippen LogP contribution in [-0.2, 0) is 11.2 Å². The van der Waals surface area contributed by atoms with Crippen molar-refractivity contribution in [3.05, 3.63) is 77.6 Å². The molecule has 0 unspecified atom stereocenters. The summed E-state index contributed by atoms with van der Waals surface area (Å²) in [5.74, 6) is -0.879. The van der Waals surface area contributed by atoms with Gasteiger partial charge >= 0.3 is 5.97 Å². The Morgan fingerprint density at radius 2 is 1.54 bits per heavy atom. The van der Waals surface area contributed by atoms with Crippen LogP contribution in [0.1, 0.15) is 74.2 Å². The molecule has 5 heteroatoms. The summed E-state index contributed by atoms with van der Waals surface area (Å²) in [5.41, 5.74) is 2.36. The number of hydrogen-bond donors (Lipinski definition) is 1. The third-order valence-electron chi connectivity index (χ3n) is 6.14. The van der Waals surface area contributed by atoms with Gasteiger partial charge in [-0.25, -0.2) is 9.18 Å². The number of aryl methyl sites for hydroxylation is 1. The second-order valence-corrected chi connectivity index (χ2v) is 9.89. The van der Waals surface area contributed by atoms with E-state index < -0.39 is 5.97 Å². The van der Waals surface area contributed by atoms with Crippen molar-refractivity contribution in [1.29, 1.82) is 0 Å². The van der Waals surface area contributed by atoms with Gasteiger partial charge < -0.3 is 9.84 Å². The van der Waals surface area contributed by atoms with E-state index in [1.54, 1.807) is 12.1 Å². The van der Waals surface area contributed by atoms with Crippen LogP contribution in [0.2, 0.25) is 0 Å². The SMILES string of the molecule is CCCCCCCCCCc1cc(Sc2ccc(F)cc2)c(-c2ccccc2)c(C(=O)OC)c1O. The Kier molecular flexibility index (Phi) is 10.7. The maximum Gasteiger partial charge on any atom is 0.342 e. The standard InChI is InChI=1S/C30H35FO3S/c1-3-4-5-6-7-8-9-11-16-23-21-26(35-25-19-17-24(31)18-20-25)27(22-14-12-10-13-15-22)28(29(23)32)30(33)34-2/h10,12-15,17-21,32H,3-9,11,16H2,1-2H3. The number of carbonyl (C=O) groups is 1. The van der Waals surface area contributed by atoms with Crippen LogP contribution >= 0.6 is 11.8 Å². The highest BCUT2D eigenvalue weighted by Gasteiger charge is 2.25. The summed E-state index contributed by atoms with van der Waals surface area (Å²) in [4.78, 5) is 14.6. The topological polar surface area (TPSA) is 46.5 Å². The summed E-state index contributed by atoms with van der Waals surface area (Å²) in [6.07, 6.45) is 10.2. The lowest BCUT2D eigenvalue weighted by molar-refractivity contribution is 0.0598. The van der Waals surface area contributed by atoms with E-state index >= 15 is 0 Å². The predicted molar refractivity (Wildman–Crippen MR) is 142 cm³/mol. The molecule has 0 saturated carbocycles. The Bertz CT molecular complexity index is 1080. The van der Waals surface area contributed by atoms with Crippen LogP contribution in [0, 0.1) is 5.82 Å². The van der Waals surface area contributed by atoms with Crippen molar-refractivity contribution in [2.45, 2.75) is 74.5 Å². The summed E-state index contributed by atoms with van der Waals surface area (Å²) >= 11 is 1.45. The minimum atomic E-state index is -0.569. The highest BCUT2D eigenvalue weighted by atomic mass is 32.2. The minimum Gasteiger partial charge on any atom is -0.507 e. The van der Waals surface area contributed by atoms with E-state index in [1.807, 2.05) is 36.4 Å². The van der Waals surface area contributed by atoms with Gasteiger partial charge in [-0.3, -0.25) is 0 Å². The van der Waals surface area contributed by atoms with E-state index in [0.717, 1.165) is 33.8 Å². The van der Waals surface area contributed by atoms with Crippen molar-refractivity contribution in [1.82, 2.24) is 0 Å². The van der Waals surface area contributed by atoms with Crippen molar-refractivity contribution in [3.8, 4) is 16.9 Å². The van der Waals surface area contributed by atoms with Crippen LogP contribution in [0.4, 0.5) is 4.39 Å². The normalized spacial score (nSPS) is 10.9. The maximum absolute atomic E-state index is 13.5. The van der Waals surface area contributed by atoms with E-state index in [2.05, 4.69) is 6.92 Å². The molecule has 3 rings (SSSR count). The average Bonchev–Trinajstić information content (AvgIpc) is 2.88. The molecular weight excluding hydrogens is 459 g/mol. The van der Waals surface area contributed by atoms with E-state index in [4.69, 9.17) is 4.74 Å². The zero-order valence-corrected chi connectivity index (χ0v) is 21.5. The van der Waals surface area contributed by atoms with Gasteiger partial charge in [0.1, 0.15) is 17.1 Å². The summed E-state index contributed by atoms with van der Waals surface area (Å²) in [6.45, 7) is 2.22. The molecule has 3 aromatic carbocycles. The first-order valence-corrected chi connectivity index (χ1v) is 13.3. The lowest BCUT2D eigenvalue weighted by Crippen LogP contribution is -2.07. The van der Waals surface area contributed by atoms with Gasteiger partial charge in [-0.05, 0) is 54.3 Å². The summed E-state index contributed by atoms with van der Waals surface area (Å²) < 4.78 is 18.6. The smallest absolute Gasteiger partial charge is 0.342 e. The number of phenolic OH excluding ortho intramolecular Hbond substituents is 1. The summed E-state index contributed by atoms with van der Waals surface area (Å²) in [6, 6.07) is 17.8. The second-order valence-electron chi connectivity index (χ2n) is 8.77. The Labute approximate surface area is 212 Å². The molecule has 0 aliphatic carbocycles. The molecule has 186 valence electrons. The number of halogens is 1. The van der Waals surface area contributed by atoms with Gasteiger partial charge in [-0.1, -0.05) is 94.0 Å². The molecule has 0 spiro atoms. The molecule has 3 aromatic rings. The second kappa shape index (κ2) is 13.9. The van der Waals surface area contributed by atoms with E-state index in [9.17, 15) is 14.3 Å². The quantitative estimate of drug-likeness (QED) is 0.190. The van der Waals surface area contributed by atoms with Gasteiger partial charge in [-0.15, -0.1) is 0 Å². The molecule has 0 radical (unpaired) electrons. The molecule has 0 aliphatic heterocycles. The molecule has 0 bridgehead atoms. The number of ether oxygens (including phenoxy) is 1. The minimum absolute atomic E-state index is 0.0119. The van der Waals surface area contributed by atoms with Crippen molar-refractivity contribution in [2.75, 3.05) is 7.11 Å². The largest absolute Gasteiger partial charge is 0.507 e. The molecule has 0 fully saturated rings. The Balaban J connectivity index is 1.92. The number of aromatic hydroxyl groups is 1. The third-order valence-corrected chi connectivity index (χ3v) is 7.19. The lowest BCUT2D eigenvalue weighted by atomic mass is 9.94. The van der Waals surface area contributed by atoms with E-state index in [0.29, 0.717) is 12.0 Å². The molecule has 0 atom stereocenters. The van der Waals surface area contributed by atoms with Crippen LogP contribution in [-0.4, -0.2) is 18.2 Å². The van der Waals surface area contributed by atoms with Gasteiger partial charge in [0.2, 0.25) is 0 Å². The van der Waals surface area contributed by atoms with Gasteiger partial charge in [-0.2, -0.15) is 0 Å². The van der Waals surface area contributed by atoms with Gasteiger partial charge in [0.05, 0.1) is 7.11 Å². The Morgan fingerprint density at radius 3 is 2.17 bits per heavy atom. The van der Waals surface area contributed by atoms with E-state index in [-0.39, 0.29) is 17.1 Å². The van der Waals surface area contributed by atoms with Crippen molar-refractivity contribution in [2.24, 2.45) is 0 Å². The van der Waals surface area contributed by atoms with Crippen molar-refractivity contribution < 1.29 is 19.0 Å². The number of benzene rings is 3. The molecule has 0 aromatic heterocycles. The van der Waals surface area contributed by atoms with Crippen LogP contribution in [0.5, 0.6) is 5.75 Å². The number of rotatable bonds is 13. The highest BCUT2D eigenvalue weighted by molar-refractivity contribution is 7.99. The molecule has 1 N–H and O–H groups in total. The van der Waals surface area contributed by atoms with Crippen molar-refractivity contribution in [3.63, 3.8) is 0 Å². The van der Waals surface area contributed by atoms with Gasteiger partial charge in [0.25, 0.3) is 0 Å². The molecule has 35 heavy (non-hydrogen) atoms. The Morgan fingerprint density at radius 1 is 0.914 bits per heavy atom. The van der Waals surface area contributed by atoms with Crippen molar-refractivity contribution >= 4 is 17.7 Å². The molecular formula is C30H35FO3S. The molecule has 0 saturated heterocycles. The zero-order valence-electron chi connectivity index (χ0n) is 20.7. The third kappa shape index (κ3) is 7.60. The zero-order chi connectivity index (χ0) is 25.0. The molecule has 0 aliphatic rings. The first-order valence-electron chi connectivity index (χ1n) is 12.5. The van der Waals surface area contributed by atoms with Crippen LogP contribution in [0.15, 0.2) is 70.5 Å². The van der Waals surface area contributed by atoms with Crippen LogP contribution < -0.4 is 0 Å². The highest BCUT2D eigenvalue weighted by Crippen LogP contribution is 2.44. The molecule has 0 amide bonds. The molecule has 0 heterocycles. The first-order chi connectivity index (χ1) is 17.0. The fourth-order valence-electron chi connectivity index (χ4n) is 4.24. The fourth-order valence-corrected chi connectivity index (χ4v) is 5.29. The average molecular weight is 495 g/mol. The number of unbranched alkanes of at least 4 members (excludes halogenated alkanes) is 7. The monoisotopic (exact) mass is 494 g/mol. The van der Waals surface area contributed by atoms with Crippen LogP contribution in [0.25, 0.3) is 11.1 Å². The number of carbonyl (C=O) groups excluding carboxylic acids is 1. The van der Waals surface area contributed by atoms with E-state index in [1.165, 1.54) is 69.5 Å². The summed E-state index contributed by atoms with van der Waals surface area (Å²) in [5, 5.41) is 11.2. The van der Waals surface area contributed by atoms with Gasteiger partial charge in [0, 0.05) is 15.4 Å². The fraction of sp³-hybridized carbons (Fsp3) is 0.367. The maximum atomic E-state index is 13.5. The van der Waals surface area contributed by atoms with Crippen LogP contribution in [0.3, 0.4) is 0 Å². The lowest BCUT2D eigenvalue weighted by Gasteiger charge is -2.18. The number of esters is 1. The number of methoxy groups -OCH3 is 1. The predicted octanol–water partition coefficient (Wildman–Crippen LogP) is 8.82. The molecule has 3 nitrogen and oxygen atoms in total. The first kappa shape index (κ1) is 26.8. The summed E-state index contributed by atoms with van der Waals surface area (Å²) in [7, 11) is 1.33. The Hall–Kier alpha value is -2.79. The van der Waals surface area contributed by atoms with Gasteiger partial charge in [0.15, 0.2) is 0 Å².